The number of carboxylic acid groups (broad SMARTS) is 1. The molecule has 20 heavy (non-hydrogen) atoms. The summed E-state index contributed by atoms with van der Waals surface area (Å²) in [6.07, 6.45) is 1.69. The van der Waals surface area contributed by atoms with Gasteiger partial charge in [0, 0.05) is 11.6 Å². The number of nitrogens with zero attached hydrogens (tertiary/aromatic N) is 5. The minimum absolute atomic E-state index is 0.556. The summed E-state index contributed by atoms with van der Waals surface area (Å²) in [5.41, 5.74) is 0.600. The SMILES string of the molecule is CC(Sc1ccc2nnc(-c3nccs3)n2n1)C(=O)O. The molecule has 0 aromatic carbocycles. The molecule has 3 aromatic rings. The Morgan fingerprint density at radius 1 is 1.45 bits per heavy atom. The molecule has 9 heteroatoms. The number of fused-ring (bicyclic) bond motifs is 1. The fourth-order valence-corrected chi connectivity index (χ4v) is 2.88. The average molecular weight is 307 g/mol. The number of carbonyl (C=O) groups is 1. The number of rotatable bonds is 4. The van der Waals surface area contributed by atoms with Crippen molar-refractivity contribution in [2.45, 2.75) is 17.2 Å². The second-order valence-corrected chi connectivity index (χ2v) is 6.16. The number of hydrogen-bond acceptors (Lipinski definition) is 7. The molecule has 102 valence electrons. The first kappa shape index (κ1) is 13.0. The van der Waals surface area contributed by atoms with Crippen LogP contribution in [-0.2, 0) is 4.79 Å². The zero-order valence-corrected chi connectivity index (χ0v) is 11.9. The van der Waals surface area contributed by atoms with E-state index in [1.54, 1.807) is 29.8 Å². The Morgan fingerprint density at radius 3 is 3.00 bits per heavy atom. The summed E-state index contributed by atoms with van der Waals surface area (Å²) < 4.78 is 1.58. The van der Waals surface area contributed by atoms with Gasteiger partial charge in [-0.3, -0.25) is 4.79 Å². The molecule has 3 aromatic heterocycles. The van der Waals surface area contributed by atoms with Crippen LogP contribution in [0.4, 0.5) is 0 Å². The molecule has 1 unspecified atom stereocenters. The summed E-state index contributed by atoms with van der Waals surface area (Å²) >= 11 is 2.62. The third-order valence-corrected chi connectivity index (χ3v) is 4.29. The lowest BCUT2D eigenvalue weighted by Gasteiger charge is -2.05. The van der Waals surface area contributed by atoms with Crippen molar-refractivity contribution < 1.29 is 9.90 Å². The minimum Gasteiger partial charge on any atom is -0.480 e. The molecular weight excluding hydrogens is 298 g/mol. The molecule has 0 saturated carbocycles. The van der Waals surface area contributed by atoms with E-state index in [1.807, 2.05) is 5.38 Å². The molecule has 7 nitrogen and oxygen atoms in total. The van der Waals surface area contributed by atoms with E-state index in [0.29, 0.717) is 16.5 Å². The molecule has 1 atom stereocenters. The van der Waals surface area contributed by atoms with Crippen molar-refractivity contribution in [1.82, 2.24) is 24.8 Å². The Bertz CT molecular complexity index is 755. The van der Waals surface area contributed by atoms with Crippen LogP contribution >= 0.6 is 23.1 Å². The third kappa shape index (κ3) is 2.37. The molecule has 0 fully saturated rings. The van der Waals surface area contributed by atoms with Gasteiger partial charge in [-0.2, -0.15) is 9.61 Å². The summed E-state index contributed by atoms with van der Waals surface area (Å²) in [4.78, 5) is 15.1. The van der Waals surface area contributed by atoms with E-state index in [1.165, 1.54) is 23.1 Å². The van der Waals surface area contributed by atoms with Crippen LogP contribution in [0.3, 0.4) is 0 Å². The highest BCUT2D eigenvalue weighted by Gasteiger charge is 2.16. The molecule has 0 aliphatic carbocycles. The van der Waals surface area contributed by atoms with Gasteiger partial charge in [-0.15, -0.1) is 21.5 Å². The molecular formula is C11H9N5O2S2. The molecule has 3 heterocycles. The fourth-order valence-electron chi connectivity index (χ4n) is 1.53. The normalized spacial score (nSPS) is 12.7. The maximum absolute atomic E-state index is 10.9. The first-order valence-corrected chi connectivity index (χ1v) is 7.43. The zero-order chi connectivity index (χ0) is 14.1. The monoisotopic (exact) mass is 307 g/mol. The molecule has 0 aliphatic heterocycles. The van der Waals surface area contributed by atoms with Crippen LogP contribution in [0.25, 0.3) is 16.5 Å². The molecule has 0 bridgehead atoms. The average Bonchev–Trinajstić information content (AvgIpc) is 3.06. The largest absolute Gasteiger partial charge is 0.480 e. The van der Waals surface area contributed by atoms with Gasteiger partial charge in [-0.05, 0) is 19.1 Å². The Hall–Kier alpha value is -2.00. The Morgan fingerprint density at radius 2 is 2.30 bits per heavy atom. The van der Waals surface area contributed by atoms with E-state index < -0.39 is 11.2 Å². The minimum atomic E-state index is -0.874. The summed E-state index contributed by atoms with van der Waals surface area (Å²) in [5, 5.41) is 24.0. The van der Waals surface area contributed by atoms with Crippen LogP contribution < -0.4 is 0 Å². The van der Waals surface area contributed by atoms with Gasteiger partial charge in [-0.1, -0.05) is 11.8 Å². The standard InChI is InChI=1S/C11H9N5O2S2/c1-6(11(17)18)20-8-3-2-7-13-14-9(16(7)15-8)10-12-4-5-19-10/h2-6H,1H3,(H,17,18). The van der Waals surface area contributed by atoms with Gasteiger partial charge in [0.1, 0.15) is 10.3 Å². The molecule has 3 rings (SSSR count). The van der Waals surface area contributed by atoms with Gasteiger partial charge in [-0.25, -0.2) is 4.98 Å². The van der Waals surface area contributed by atoms with Gasteiger partial charge < -0.3 is 5.11 Å². The fraction of sp³-hybridized carbons (Fsp3) is 0.182. The predicted molar refractivity (Wildman–Crippen MR) is 74.8 cm³/mol. The molecule has 1 N–H and O–H groups in total. The zero-order valence-electron chi connectivity index (χ0n) is 10.3. The summed E-state index contributed by atoms with van der Waals surface area (Å²) in [6.45, 7) is 1.62. The number of hydrogen-bond donors (Lipinski definition) is 1. The van der Waals surface area contributed by atoms with Crippen molar-refractivity contribution in [1.29, 1.82) is 0 Å². The third-order valence-electron chi connectivity index (χ3n) is 2.51. The van der Waals surface area contributed by atoms with Crippen LogP contribution in [0, 0.1) is 0 Å². The number of thioether (sulfide) groups is 1. The van der Waals surface area contributed by atoms with E-state index in [-0.39, 0.29) is 0 Å². The van der Waals surface area contributed by atoms with Crippen LogP contribution in [0.5, 0.6) is 0 Å². The topological polar surface area (TPSA) is 93.3 Å². The number of thiazole rings is 1. The maximum atomic E-state index is 10.9. The van der Waals surface area contributed by atoms with E-state index in [4.69, 9.17) is 5.11 Å². The van der Waals surface area contributed by atoms with Crippen molar-refractivity contribution in [2.24, 2.45) is 0 Å². The quantitative estimate of drug-likeness (QED) is 0.735. The van der Waals surface area contributed by atoms with Crippen LogP contribution in [0.15, 0.2) is 28.7 Å². The van der Waals surface area contributed by atoms with Crippen molar-refractivity contribution >= 4 is 34.7 Å². The van der Waals surface area contributed by atoms with Gasteiger partial charge >= 0.3 is 5.97 Å². The molecule has 0 radical (unpaired) electrons. The predicted octanol–water partition coefficient (Wildman–Crippen LogP) is 1.81. The molecule has 0 spiro atoms. The smallest absolute Gasteiger partial charge is 0.316 e. The van der Waals surface area contributed by atoms with Crippen molar-refractivity contribution in [2.75, 3.05) is 0 Å². The van der Waals surface area contributed by atoms with E-state index in [9.17, 15) is 4.79 Å². The highest BCUT2D eigenvalue weighted by Crippen LogP contribution is 2.24. The van der Waals surface area contributed by atoms with Gasteiger partial charge in [0.2, 0.25) is 5.82 Å². The lowest BCUT2D eigenvalue weighted by molar-refractivity contribution is -0.136. The second kappa shape index (κ2) is 5.17. The van der Waals surface area contributed by atoms with Crippen molar-refractivity contribution in [3.63, 3.8) is 0 Å². The number of carboxylic acids is 1. The first-order chi connectivity index (χ1) is 9.65. The van der Waals surface area contributed by atoms with Crippen LogP contribution in [0.2, 0.25) is 0 Å². The Labute approximate surface area is 121 Å². The lowest BCUT2D eigenvalue weighted by Crippen LogP contribution is -2.11. The Balaban J connectivity index is 2.01. The van der Waals surface area contributed by atoms with Gasteiger partial charge in [0.25, 0.3) is 0 Å². The molecule has 0 saturated heterocycles. The van der Waals surface area contributed by atoms with Crippen LogP contribution in [-0.4, -0.2) is 41.1 Å². The molecule has 0 aliphatic rings. The van der Waals surface area contributed by atoms with E-state index in [2.05, 4.69) is 20.3 Å². The lowest BCUT2D eigenvalue weighted by atomic mass is 10.5. The van der Waals surface area contributed by atoms with E-state index >= 15 is 0 Å². The first-order valence-electron chi connectivity index (χ1n) is 5.67. The summed E-state index contributed by atoms with van der Waals surface area (Å²) in [6, 6.07) is 3.49. The second-order valence-electron chi connectivity index (χ2n) is 3.90. The summed E-state index contributed by atoms with van der Waals surface area (Å²) in [7, 11) is 0. The van der Waals surface area contributed by atoms with Gasteiger partial charge in [0.15, 0.2) is 10.7 Å². The Kier molecular flexibility index (Phi) is 3.36. The number of aliphatic carboxylic acids is 1. The van der Waals surface area contributed by atoms with Crippen LogP contribution in [0.1, 0.15) is 6.92 Å². The van der Waals surface area contributed by atoms with Crippen molar-refractivity contribution in [3.05, 3.63) is 23.7 Å². The maximum Gasteiger partial charge on any atom is 0.316 e. The highest BCUT2D eigenvalue weighted by molar-refractivity contribution is 8.00. The van der Waals surface area contributed by atoms with Gasteiger partial charge in [0.05, 0.1) is 0 Å². The van der Waals surface area contributed by atoms with Crippen molar-refractivity contribution in [3.8, 4) is 10.8 Å². The molecule has 0 amide bonds. The summed E-state index contributed by atoms with van der Waals surface area (Å²) in [5.74, 6) is -0.318. The highest BCUT2D eigenvalue weighted by atomic mass is 32.2. The van der Waals surface area contributed by atoms with E-state index in [0.717, 1.165) is 5.01 Å². The number of aromatic nitrogens is 5.